The largest absolute Gasteiger partial charge is 0.497 e. The number of aromatic nitrogens is 2. The number of aromatic amines is 1. The Morgan fingerprint density at radius 3 is 2.54 bits per heavy atom. The molecule has 0 aliphatic heterocycles. The van der Waals surface area contributed by atoms with E-state index in [1.807, 2.05) is 0 Å². The van der Waals surface area contributed by atoms with Crippen LogP contribution in [-0.4, -0.2) is 42.9 Å². The molecule has 0 aliphatic carbocycles. The third-order valence-corrected chi connectivity index (χ3v) is 3.91. The molecule has 0 radical (unpaired) electrons. The van der Waals surface area contributed by atoms with Gasteiger partial charge >= 0.3 is 5.97 Å². The van der Waals surface area contributed by atoms with Gasteiger partial charge in [-0.15, -0.1) is 0 Å². The summed E-state index contributed by atoms with van der Waals surface area (Å²) in [5.74, 6) is -0.431. The summed E-state index contributed by atoms with van der Waals surface area (Å²) in [7, 11) is 2.97. The molecule has 3 rings (SSSR count). The molecular weight excluding hydrogens is 366 g/mol. The molecule has 1 heterocycles. The number of ether oxygens (including phenoxy) is 3. The Bertz CT molecular complexity index is 1090. The summed E-state index contributed by atoms with van der Waals surface area (Å²) in [6.45, 7) is -0.539. The van der Waals surface area contributed by atoms with Crippen LogP contribution in [0.3, 0.4) is 0 Å². The maximum Gasteiger partial charge on any atom is 0.359 e. The quantitative estimate of drug-likeness (QED) is 0.622. The summed E-state index contributed by atoms with van der Waals surface area (Å²) in [6, 6.07) is 11.4. The average Bonchev–Trinajstić information content (AvgIpc) is 2.72. The highest BCUT2D eigenvalue weighted by atomic mass is 16.5. The summed E-state index contributed by atoms with van der Waals surface area (Å²) >= 11 is 0. The van der Waals surface area contributed by atoms with Crippen molar-refractivity contribution < 1.29 is 23.8 Å². The highest BCUT2D eigenvalue weighted by Crippen LogP contribution is 2.28. The van der Waals surface area contributed by atoms with Crippen molar-refractivity contribution in [3.63, 3.8) is 0 Å². The molecule has 2 aromatic carbocycles. The second kappa shape index (κ2) is 8.21. The number of carbonyl (C=O) groups excluding carboxylic acids is 2. The van der Waals surface area contributed by atoms with E-state index in [1.54, 1.807) is 42.5 Å². The van der Waals surface area contributed by atoms with Gasteiger partial charge < -0.3 is 19.5 Å². The topological polar surface area (TPSA) is 120 Å². The number of rotatable bonds is 6. The third kappa shape index (κ3) is 3.93. The second-order valence-corrected chi connectivity index (χ2v) is 5.64. The van der Waals surface area contributed by atoms with Gasteiger partial charge in [-0.1, -0.05) is 18.2 Å². The minimum Gasteiger partial charge on any atom is -0.497 e. The van der Waals surface area contributed by atoms with Gasteiger partial charge in [0.2, 0.25) is 0 Å². The summed E-state index contributed by atoms with van der Waals surface area (Å²) in [6.07, 6.45) is 0. The predicted molar refractivity (Wildman–Crippen MR) is 101 cm³/mol. The monoisotopic (exact) mass is 383 g/mol. The van der Waals surface area contributed by atoms with E-state index in [9.17, 15) is 14.4 Å². The second-order valence-electron chi connectivity index (χ2n) is 5.64. The Morgan fingerprint density at radius 1 is 1.07 bits per heavy atom. The van der Waals surface area contributed by atoms with E-state index >= 15 is 0 Å². The first-order chi connectivity index (χ1) is 13.5. The normalized spacial score (nSPS) is 10.4. The van der Waals surface area contributed by atoms with Crippen molar-refractivity contribution in [2.75, 3.05) is 26.1 Å². The number of anilines is 1. The van der Waals surface area contributed by atoms with Crippen molar-refractivity contribution in [2.24, 2.45) is 0 Å². The minimum atomic E-state index is -0.829. The van der Waals surface area contributed by atoms with E-state index in [-0.39, 0.29) is 5.69 Å². The summed E-state index contributed by atoms with van der Waals surface area (Å²) in [5.41, 5.74) is -0.0986. The Balaban J connectivity index is 1.70. The van der Waals surface area contributed by atoms with Crippen LogP contribution in [0.1, 0.15) is 10.5 Å². The predicted octanol–water partition coefficient (Wildman–Crippen LogP) is 1.74. The molecule has 144 valence electrons. The molecule has 1 aromatic heterocycles. The standard InChI is InChI=1S/C19H17N3O6/c1-26-11-7-8-14(15(9-11)27-2)20-16(23)10-28-19(25)17-12-5-3-4-6-13(12)18(24)22-21-17/h3-9H,10H2,1-2H3,(H,20,23)(H,22,24). The van der Waals surface area contributed by atoms with Crippen LogP contribution in [0.4, 0.5) is 5.69 Å². The number of carbonyl (C=O) groups is 2. The van der Waals surface area contributed by atoms with E-state index in [0.29, 0.717) is 28.0 Å². The molecule has 2 N–H and O–H groups in total. The van der Waals surface area contributed by atoms with Crippen molar-refractivity contribution in [1.82, 2.24) is 10.2 Å². The fourth-order valence-electron chi connectivity index (χ4n) is 2.56. The van der Waals surface area contributed by atoms with Crippen LogP contribution in [0.5, 0.6) is 11.5 Å². The van der Waals surface area contributed by atoms with Gasteiger partial charge in [-0.25, -0.2) is 9.89 Å². The fourth-order valence-corrected chi connectivity index (χ4v) is 2.56. The first kappa shape index (κ1) is 18.9. The molecule has 0 aliphatic rings. The van der Waals surface area contributed by atoms with Gasteiger partial charge in [0, 0.05) is 11.5 Å². The van der Waals surface area contributed by atoms with E-state index in [1.165, 1.54) is 14.2 Å². The molecule has 0 saturated carbocycles. The lowest BCUT2D eigenvalue weighted by Crippen LogP contribution is -2.23. The van der Waals surface area contributed by atoms with Crippen molar-refractivity contribution in [1.29, 1.82) is 0 Å². The van der Waals surface area contributed by atoms with Crippen LogP contribution in [0.25, 0.3) is 10.8 Å². The molecule has 9 nitrogen and oxygen atoms in total. The van der Waals surface area contributed by atoms with E-state index in [0.717, 1.165) is 0 Å². The molecule has 0 spiro atoms. The van der Waals surface area contributed by atoms with Crippen molar-refractivity contribution in [2.45, 2.75) is 0 Å². The molecule has 3 aromatic rings. The van der Waals surface area contributed by atoms with Crippen LogP contribution >= 0.6 is 0 Å². The van der Waals surface area contributed by atoms with E-state index in [4.69, 9.17) is 14.2 Å². The Kier molecular flexibility index (Phi) is 5.54. The number of nitrogens with zero attached hydrogens (tertiary/aromatic N) is 1. The highest BCUT2D eigenvalue weighted by Gasteiger charge is 2.17. The smallest absolute Gasteiger partial charge is 0.359 e. The van der Waals surface area contributed by atoms with Gasteiger partial charge in [0.15, 0.2) is 12.3 Å². The van der Waals surface area contributed by atoms with E-state index in [2.05, 4.69) is 15.5 Å². The average molecular weight is 383 g/mol. The van der Waals surface area contributed by atoms with E-state index < -0.39 is 24.0 Å². The zero-order valence-corrected chi connectivity index (χ0v) is 15.1. The van der Waals surface area contributed by atoms with Gasteiger partial charge in [-0.2, -0.15) is 5.10 Å². The van der Waals surface area contributed by atoms with Gasteiger partial charge in [-0.3, -0.25) is 9.59 Å². The zero-order valence-electron chi connectivity index (χ0n) is 15.1. The lowest BCUT2D eigenvalue weighted by molar-refractivity contribution is -0.119. The Labute approximate surface area is 159 Å². The van der Waals surface area contributed by atoms with Crippen molar-refractivity contribution >= 4 is 28.3 Å². The molecule has 0 saturated heterocycles. The molecule has 9 heteroatoms. The maximum atomic E-state index is 12.3. The molecule has 0 unspecified atom stereocenters. The van der Waals surface area contributed by atoms with Crippen molar-refractivity contribution in [3.05, 3.63) is 58.5 Å². The number of nitrogens with one attached hydrogen (secondary N) is 2. The lowest BCUT2D eigenvalue weighted by atomic mass is 10.1. The van der Waals surface area contributed by atoms with Gasteiger partial charge in [0.1, 0.15) is 11.5 Å². The Morgan fingerprint density at radius 2 is 1.82 bits per heavy atom. The summed E-state index contributed by atoms with van der Waals surface area (Å²) in [5, 5.41) is 9.21. The number of methoxy groups -OCH3 is 2. The number of H-pyrrole nitrogens is 1. The van der Waals surface area contributed by atoms with Gasteiger partial charge in [0.05, 0.1) is 25.3 Å². The molecule has 0 atom stereocenters. The maximum absolute atomic E-state index is 12.3. The number of hydrogen-bond donors (Lipinski definition) is 2. The molecule has 0 fully saturated rings. The number of amides is 1. The first-order valence-corrected chi connectivity index (χ1v) is 8.20. The molecular formula is C19H17N3O6. The number of fused-ring (bicyclic) bond motifs is 1. The lowest BCUT2D eigenvalue weighted by Gasteiger charge is -2.12. The van der Waals surface area contributed by atoms with Crippen LogP contribution in [0, 0.1) is 0 Å². The minimum absolute atomic E-state index is 0.0787. The van der Waals surface area contributed by atoms with Crippen LogP contribution in [0.15, 0.2) is 47.3 Å². The fraction of sp³-hybridized carbons (Fsp3) is 0.158. The molecule has 28 heavy (non-hydrogen) atoms. The molecule has 0 bridgehead atoms. The highest BCUT2D eigenvalue weighted by molar-refractivity contribution is 6.03. The zero-order chi connectivity index (χ0) is 20.1. The van der Waals surface area contributed by atoms with Gasteiger partial charge in [-0.05, 0) is 18.2 Å². The first-order valence-electron chi connectivity index (χ1n) is 8.20. The SMILES string of the molecule is COc1ccc(NC(=O)COC(=O)c2n[nH]c(=O)c3ccccc23)c(OC)c1. The molecule has 1 amide bonds. The number of benzene rings is 2. The third-order valence-electron chi connectivity index (χ3n) is 3.91. The van der Waals surface area contributed by atoms with Crippen LogP contribution in [0.2, 0.25) is 0 Å². The van der Waals surface area contributed by atoms with Crippen LogP contribution in [-0.2, 0) is 9.53 Å². The van der Waals surface area contributed by atoms with Gasteiger partial charge in [0.25, 0.3) is 11.5 Å². The number of hydrogen-bond acceptors (Lipinski definition) is 7. The summed E-state index contributed by atoms with van der Waals surface area (Å²) < 4.78 is 15.3. The van der Waals surface area contributed by atoms with Crippen molar-refractivity contribution in [3.8, 4) is 11.5 Å². The Hall–Kier alpha value is -3.88. The summed E-state index contributed by atoms with van der Waals surface area (Å²) in [4.78, 5) is 36.2. The number of esters is 1. The van der Waals surface area contributed by atoms with Crippen LogP contribution < -0.4 is 20.3 Å².